The number of amides is 2. The molecular formula is C44H80N10O6. The molecule has 2 amide bonds. The largest absolute Gasteiger partial charge is 0.504 e. The smallest absolute Gasteiger partial charge is 0.220 e. The Labute approximate surface area is 360 Å². The summed E-state index contributed by atoms with van der Waals surface area (Å²) in [5.74, 6) is -0.774. The number of aromatic hydroxyl groups is 4. The number of carbonyl (C=O) groups is 2. The van der Waals surface area contributed by atoms with Crippen molar-refractivity contribution >= 4 is 11.8 Å². The number of carbonyl (C=O) groups excluding carboxylic acids is 2. The van der Waals surface area contributed by atoms with Crippen LogP contribution in [0.15, 0.2) is 36.4 Å². The molecule has 0 radical (unpaired) electrons. The molecule has 0 bridgehead atoms. The van der Waals surface area contributed by atoms with E-state index >= 15 is 0 Å². The summed E-state index contributed by atoms with van der Waals surface area (Å²) in [5.41, 5.74) is 13.4. The fourth-order valence-electron chi connectivity index (χ4n) is 6.92. The van der Waals surface area contributed by atoms with Gasteiger partial charge in [0.1, 0.15) is 0 Å². The zero-order valence-electron chi connectivity index (χ0n) is 36.8. The number of hydrogen-bond donors (Lipinski definition) is 10. The first kappa shape index (κ1) is 52.4. The van der Waals surface area contributed by atoms with E-state index in [-0.39, 0.29) is 34.8 Å². The summed E-state index contributed by atoms with van der Waals surface area (Å²) in [7, 11) is 0. The third kappa shape index (κ3) is 24.5. The van der Waals surface area contributed by atoms with Gasteiger partial charge < -0.3 is 58.1 Å². The standard InChI is InChI=1S/C44H80N10O6/c1-3-5-6-7-25-53(36-54(26-17-46)31-23-50-44(60)15-11-38-9-13-40(56)42(58)35-38)33-32-52(28-19-47-18-16-45)29-21-48-20-27-51(24-4-2)30-22-49-43(59)14-10-37-8-12-39(55)41(57)34-37/h8-9,12-13,34-35,47-48,55-58H,3-7,10-11,14-33,36,45-46H2,1-2H3,(H,49,59)(H,50,60). The van der Waals surface area contributed by atoms with Crippen molar-refractivity contribution in [1.82, 2.24) is 40.9 Å². The van der Waals surface area contributed by atoms with E-state index in [0.717, 1.165) is 116 Å². The van der Waals surface area contributed by atoms with Gasteiger partial charge in [0.25, 0.3) is 0 Å². The molecular weight excluding hydrogens is 765 g/mol. The second kappa shape index (κ2) is 33.0. The highest BCUT2D eigenvalue weighted by Crippen LogP contribution is 2.26. The zero-order valence-corrected chi connectivity index (χ0v) is 36.8. The summed E-state index contributed by atoms with van der Waals surface area (Å²) in [6.45, 7) is 19.5. The van der Waals surface area contributed by atoms with E-state index in [1.54, 1.807) is 12.1 Å². The van der Waals surface area contributed by atoms with Gasteiger partial charge in [-0.15, -0.1) is 0 Å². The number of aryl methyl sites for hydroxylation is 2. The fourth-order valence-corrected chi connectivity index (χ4v) is 6.92. The Morgan fingerprint density at radius 2 is 0.983 bits per heavy atom. The number of unbranched alkanes of at least 4 members (excludes halogenated alkanes) is 3. The lowest BCUT2D eigenvalue weighted by atomic mass is 10.1. The minimum absolute atomic E-state index is 0.0313. The van der Waals surface area contributed by atoms with Crippen molar-refractivity contribution in [2.45, 2.75) is 71.6 Å². The number of nitrogens with two attached hydrogens (primary N) is 2. The Balaban J connectivity index is 1.84. The zero-order chi connectivity index (χ0) is 43.8. The number of rotatable bonds is 37. The van der Waals surface area contributed by atoms with E-state index in [9.17, 15) is 30.0 Å². The summed E-state index contributed by atoms with van der Waals surface area (Å²) in [6.07, 6.45) is 7.36. The van der Waals surface area contributed by atoms with Crippen LogP contribution in [-0.4, -0.2) is 176 Å². The number of nitrogens with one attached hydrogen (secondary N) is 4. The molecule has 2 aromatic carbocycles. The first-order chi connectivity index (χ1) is 29.1. The molecule has 16 heteroatoms. The molecule has 342 valence electrons. The number of hydrogen-bond acceptors (Lipinski definition) is 14. The van der Waals surface area contributed by atoms with Crippen LogP contribution < -0.4 is 32.7 Å². The molecule has 2 rings (SSSR count). The van der Waals surface area contributed by atoms with Crippen LogP contribution in [0.3, 0.4) is 0 Å². The lowest BCUT2D eigenvalue weighted by Gasteiger charge is -2.32. The molecule has 16 nitrogen and oxygen atoms in total. The van der Waals surface area contributed by atoms with Gasteiger partial charge in [0.05, 0.1) is 6.67 Å². The first-order valence-corrected chi connectivity index (χ1v) is 22.3. The van der Waals surface area contributed by atoms with Crippen LogP contribution >= 0.6 is 0 Å². The lowest BCUT2D eigenvalue weighted by molar-refractivity contribution is -0.121. The van der Waals surface area contributed by atoms with E-state index < -0.39 is 0 Å². The van der Waals surface area contributed by atoms with Gasteiger partial charge in [0.2, 0.25) is 11.8 Å². The summed E-state index contributed by atoms with van der Waals surface area (Å²) in [4.78, 5) is 34.8. The second-order valence-corrected chi connectivity index (χ2v) is 15.5. The Hall–Kier alpha value is -3.74. The minimum Gasteiger partial charge on any atom is -0.504 e. The van der Waals surface area contributed by atoms with E-state index in [1.165, 1.54) is 43.5 Å². The van der Waals surface area contributed by atoms with Gasteiger partial charge in [-0.3, -0.25) is 24.3 Å². The van der Waals surface area contributed by atoms with Crippen LogP contribution in [0.5, 0.6) is 23.0 Å². The molecule has 0 aliphatic rings. The Kier molecular flexibility index (Phi) is 28.8. The molecule has 2 aromatic rings. The van der Waals surface area contributed by atoms with Gasteiger partial charge in [-0.25, -0.2) is 0 Å². The number of phenols is 4. The summed E-state index contributed by atoms with van der Waals surface area (Å²) >= 11 is 0. The molecule has 0 aliphatic heterocycles. The molecule has 0 atom stereocenters. The quantitative estimate of drug-likeness (QED) is 0.0265. The van der Waals surface area contributed by atoms with Crippen molar-refractivity contribution in [1.29, 1.82) is 0 Å². The highest BCUT2D eigenvalue weighted by atomic mass is 16.3. The fraction of sp³-hybridized carbons (Fsp3) is 0.682. The summed E-state index contributed by atoms with van der Waals surface area (Å²) in [6, 6.07) is 9.29. The Bertz CT molecular complexity index is 1440. The number of phenolic OH excluding ortho intramolecular Hbond substituents is 4. The number of benzene rings is 2. The summed E-state index contributed by atoms with van der Waals surface area (Å²) < 4.78 is 0. The molecule has 0 heterocycles. The number of nitrogens with zero attached hydrogens (tertiary/aromatic N) is 4. The van der Waals surface area contributed by atoms with Crippen molar-refractivity contribution in [3.8, 4) is 23.0 Å². The maximum absolute atomic E-state index is 12.6. The van der Waals surface area contributed by atoms with Crippen molar-refractivity contribution in [3.63, 3.8) is 0 Å². The SMILES string of the molecule is CCCCCCN(CCN(CCNCCN)CCNCCN(CCC)CCNC(=O)CCc1ccc(O)c(O)c1)CN(CCN)CCNC(=O)CCc1ccc(O)c(O)c1. The molecule has 0 spiro atoms. The monoisotopic (exact) mass is 845 g/mol. The molecule has 60 heavy (non-hydrogen) atoms. The van der Waals surface area contributed by atoms with Crippen molar-refractivity contribution < 1.29 is 30.0 Å². The van der Waals surface area contributed by atoms with Crippen molar-refractivity contribution in [3.05, 3.63) is 47.5 Å². The first-order valence-electron chi connectivity index (χ1n) is 22.3. The summed E-state index contributed by atoms with van der Waals surface area (Å²) in [5, 5.41) is 51.7. The van der Waals surface area contributed by atoms with Crippen LogP contribution in [0.2, 0.25) is 0 Å². The van der Waals surface area contributed by atoms with E-state index in [2.05, 4.69) is 54.7 Å². The van der Waals surface area contributed by atoms with Crippen LogP contribution in [0.25, 0.3) is 0 Å². The van der Waals surface area contributed by atoms with Gasteiger partial charge in [-0.2, -0.15) is 0 Å². The lowest BCUT2D eigenvalue weighted by Crippen LogP contribution is -2.47. The van der Waals surface area contributed by atoms with Gasteiger partial charge in [0.15, 0.2) is 23.0 Å². The van der Waals surface area contributed by atoms with E-state index in [0.29, 0.717) is 58.4 Å². The molecule has 0 saturated carbocycles. The maximum Gasteiger partial charge on any atom is 0.220 e. The Morgan fingerprint density at radius 1 is 0.500 bits per heavy atom. The predicted octanol–water partition coefficient (Wildman–Crippen LogP) is 1.56. The molecule has 0 fully saturated rings. The van der Waals surface area contributed by atoms with Crippen LogP contribution in [0.1, 0.15) is 69.9 Å². The van der Waals surface area contributed by atoms with Gasteiger partial charge in [-0.1, -0.05) is 45.2 Å². The topological polar surface area (TPSA) is 228 Å². The highest BCUT2D eigenvalue weighted by Gasteiger charge is 2.15. The molecule has 0 aromatic heterocycles. The molecule has 0 saturated heterocycles. The van der Waals surface area contributed by atoms with Gasteiger partial charge in [-0.05, 0) is 74.2 Å². The van der Waals surface area contributed by atoms with E-state index in [1.807, 2.05) is 0 Å². The Morgan fingerprint density at radius 3 is 1.48 bits per heavy atom. The second-order valence-electron chi connectivity index (χ2n) is 15.5. The van der Waals surface area contributed by atoms with Crippen LogP contribution in [0.4, 0.5) is 0 Å². The van der Waals surface area contributed by atoms with Gasteiger partial charge >= 0.3 is 0 Å². The molecule has 12 N–H and O–H groups in total. The molecule has 0 aliphatic carbocycles. The molecule has 0 unspecified atom stereocenters. The minimum atomic E-state index is -0.181. The van der Waals surface area contributed by atoms with Crippen molar-refractivity contribution in [2.75, 3.05) is 124 Å². The predicted molar refractivity (Wildman–Crippen MR) is 241 cm³/mol. The van der Waals surface area contributed by atoms with E-state index in [4.69, 9.17) is 11.5 Å². The highest BCUT2D eigenvalue weighted by molar-refractivity contribution is 5.76. The van der Waals surface area contributed by atoms with Crippen LogP contribution in [-0.2, 0) is 22.4 Å². The van der Waals surface area contributed by atoms with Gasteiger partial charge in [0, 0.05) is 118 Å². The normalized spacial score (nSPS) is 11.7. The average molecular weight is 845 g/mol. The third-order valence-corrected chi connectivity index (χ3v) is 10.4. The van der Waals surface area contributed by atoms with Crippen LogP contribution in [0, 0.1) is 0 Å². The third-order valence-electron chi connectivity index (χ3n) is 10.4. The van der Waals surface area contributed by atoms with Crippen molar-refractivity contribution in [2.24, 2.45) is 11.5 Å². The maximum atomic E-state index is 12.6. The average Bonchev–Trinajstić information content (AvgIpc) is 3.23.